The Bertz CT molecular complexity index is 976. The third-order valence-corrected chi connectivity index (χ3v) is 5.04. The fourth-order valence-electron chi connectivity index (χ4n) is 3.26. The predicted molar refractivity (Wildman–Crippen MR) is 120 cm³/mol. The zero-order chi connectivity index (χ0) is 20.6. The molecule has 0 saturated heterocycles. The lowest BCUT2D eigenvalue weighted by atomic mass is 10.1. The second-order valence-corrected chi connectivity index (χ2v) is 7.51. The summed E-state index contributed by atoms with van der Waals surface area (Å²) in [6, 6.07) is 13.6. The Morgan fingerprint density at radius 3 is 2.76 bits per heavy atom. The van der Waals surface area contributed by atoms with Gasteiger partial charge in [0.25, 0.3) is 0 Å². The molecule has 3 aromatic rings. The summed E-state index contributed by atoms with van der Waals surface area (Å²) in [6.45, 7) is 7.82. The molecule has 0 fully saturated rings. The molecule has 29 heavy (non-hydrogen) atoms. The van der Waals surface area contributed by atoms with Gasteiger partial charge < -0.3 is 14.6 Å². The summed E-state index contributed by atoms with van der Waals surface area (Å²) in [5.74, 6) is 0.819. The first-order chi connectivity index (χ1) is 14.1. The van der Waals surface area contributed by atoms with Gasteiger partial charge in [0.15, 0.2) is 0 Å². The van der Waals surface area contributed by atoms with E-state index in [-0.39, 0.29) is 5.91 Å². The van der Waals surface area contributed by atoms with Gasteiger partial charge in [-0.05, 0) is 47.9 Å². The van der Waals surface area contributed by atoms with Crippen LogP contribution in [0, 0.1) is 0 Å². The van der Waals surface area contributed by atoms with Gasteiger partial charge >= 0.3 is 0 Å². The number of amides is 1. The van der Waals surface area contributed by atoms with Gasteiger partial charge in [-0.2, -0.15) is 0 Å². The van der Waals surface area contributed by atoms with E-state index in [4.69, 9.17) is 16.3 Å². The molecule has 0 aliphatic heterocycles. The second-order valence-electron chi connectivity index (χ2n) is 7.07. The summed E-state index contributed by atoms with van der Waals surface area (Å²) in [5, 5.41) is 4.74. The maximum atomic E-state index is 12.3. The molecule has 0 spiro atoms. The predicted octanol–water partition coefficient (Wildman–Crippen LogP) is 5.52. The molecule has 0 unspecified atom stereocenters. The van der Waals surface area contributed by atoms with Crippen LogP contribution in [0.25, 0.3) is 10.9 Å². The molecule has 1 heterocycles. The number of rotatable bonds is 10. The number of nitrogens with zero attached hydrogens (tertiary/aromatic N) is 1. The molecule has 0 aliphatic rings. The number of halogens is 1. The molecule has 3 rings (SSSR count). The van der Waals surface area contributed by atoms with Gasteiger partial charge in [-0.1, -0.05) is 43.2 Å². The molecule has 152 valence electrons. The summed E-state index contributed by atoms with van der Waals surface area (Å²) in [5.41, 5.74) is 3.11. The number of allylic oxidation sites excluding steroid dienone is 1. The Labute approximate surface area is 177 Å². The number of ether oxygens (including phenoxy) is 1. The zero-order valence-corrected chi connectivity index (χ0v) is 17.5. The highest BCUT2D eigenvalue weighted by atomic mass is 35.5. The first-order valence-electron chi connectivity index (χ1n) is 9.97. The maximum Gasteiger partial charge on any atom is 0.224 e. The number of hydrogen-bond donors (Lipinski definition) is 1. The smallest absolute Gasteiger partial charge is 0.224 e. The van der Waals surface area contributed by atoms with Crippen LogP contribution in [0.1, 0.15) is 30.9 Å². The first-order valence-corrected chi connectivity index (χ1v) is 10.3. The molecule has 1 N–H and O–H groups in total. The molecule has 0 aliphatic carbocycles. The largest absolute Gasteiger partial charge is 0.489 e. The Morgan fingerprint density at radius 1 is 1.24 bits per heavy atom. The van der Waals surface area contributed by atoms with Gasteiger partial charge in [0.1, 0.15) is 12.4 Å². The van der Waals surface area contributed by atoms with Gasteiger partial charge in [-0.15, -0.1) is 6.58 Å². The van der Waals surface area contributed by atoms with E-state index in [1.807, 2.05) is 54.7 Å². The van der Waals surface area contributed by atoms with Gasteiger partial charge in [0, 0.05) is 35.2 Å². The number of fused-ring (bicyclic) bond motifs is 1. The average Bonchev–Trinajstić information content (AvgIpc) is 3.05. The van der Waals surface area contributed by atoms with Crippen molar-refractivity contribution in [3.8, 4) is 5.75 Å². The number of benzene rings is 2. The lowest BCUT2D eigenvalue weighted by Crippen LogP contribution is -2.25. The van der Waals surface area contributed by atoms with Crippen LogP contribution in [0.3, 0.4) is 0 Å². The van der Waals surface area contributed by atoms with Crippen LogP contribution >= 0.6 is 11.6 Å². The van der Waals surface area contributed by atoms with Crippen molar-refractivity contribution in [3.05, 3.63) is 77.5 Å². The van der Waals surface area contributed by atoms with Crippen molar-refractivity contribution in [2.75, 3.05) is 6.54 Å². The molecule has 0 saturated carbocycles. The minimum atomic E-state index is 0.0450. The van der Waals surface area contributed by atoms with Gasteiger partial charge in [-0.3, -0.25) is 4.79 Å². The van der Waals surface area contributed by atoms with Crippen molar-refractivity contribution >= 4 is 28.4 Å². The second kappa shape index (κ2) is 10.2. The minimum Gasteiger partial charge on any atom is -0.489 e. The van der Waals surface area contributed by atoms with Gasteiger partial charge in [-0.25, -0.2) is 0 Å². The summed E-state index contributed by atoms with van der Waals surface area (Å²) in [6.07, 6.45) is 6.30. The third kappa shape index (κ3) is 5.64. The highest BCUT2D eigenvalue weighted by molar-refractivity contribution is 6.30. The van der Waals surface area contributed by atoms with Crippen LogP contribution in [0.5, 0.6) is 5.75 Å². The van der Waals surface area contributed by atoms with Crippen LogP contribution in [-0.2, 0) is 24.4 Å². The number of unbranched alkanes of at least 4 members (excludes halogenated alkanes) is 1. The summed E-state index contributed by atoms with van der Waals surface area (Å²) < 4.78 is 8.09. The fraction of sp³-hybridized carbons (Fsp3) is 0.292. The van der Waals surface area contributed by atoms with E-state index in [0.29, 0.717) is 24.6 Å². The molecular weight excluding hydrogens is 384 g/mol. The van der Waals surface area contributed by atoms with E-state index < -0.39 is 0 Å². The van der Waals surface area contributed by atoms with Crippen LogP contribution in [0.4, 0.5) is 0 Å². The summed E-state index contributed by atoms with van der Waals surface area (Å²) in [7, 11) is 0. The molecule has 1 aromatic heterocycles. The topological polar surface area (TPSA) is 43.3 Å². The standard InChI is InChI=1S/C24H27ClN2O2/c1-3-5-12-26-24(28)14-19-16-27(13-4-2)23-11-10-21(15-22(19)23)29-17-18-6-8-20(25)9-7-18/h4,6-11,15-16H,2-3,5,12-14,17H2,1H3,(H,26,28). The van der Waals surface area contributed by atoms with Crippen molar-refractivity contribution < 1.29 is 9.53 Å². The molecule has 1 amide bonds. The lowest BCUT2D eigenvalue weighted by Gasteiger charge is -2.08. The van der Waals surface area contributed by atoms with Crippen molar-refractivity contribution in [2.45, 2.75) is 39.3 Å². The molecule has 2 aromatic carbocycles. The van der Waals surface area contributed by atoms with E-state index in [1.165, 1.54) is 0 Å². The van der Waals surface area contributed by atoms with E-state index in [1.54, 1.807) is 0 Å². The van der Waals surface area contributed by atoms with Crippen LogP contribution < -0.4 is 10.1 Å². The number of aromatic nitrogens is 1. The number of carbonyl (C=O) groups excluding carboxylic acids is 1. The molecule has 5 heteroatoms. The molecular formula is C24H27ClN2O2. The Balaban J connectivity index is 1.79. The van der Waals surface area contributed by atoms with Gasteiger partial charge in [0.2, 0.25) is 5.91 Å². The van der Waals surface area contributed by atoms with Crippen LogP contribution in [0.2, 0.25) is 5.02 Å². The van der Waals surface area contributed by atoms with Crippen molar-refractivity contribution in [2.24, 2.45) is 0 Å². The summed E-state index contributed by atoms with van der Waals surface area (Å²) in [4.78, 5) is 12.3. The molecule has 0 radical (unpaired) electrons. The average molecular weight is 411 g/mol. The van der Waals surface area contributed by atoms with Gasteiger partial charge in [0.05, 0.1) is 6.42 Å². The van der Waals surface area contributed by atoms with Crippen LogP contribution in [0.15, 0.2) is 61.3 Å². The molecule has 0 atom stereocenters. The maximum absolute atomic E-state index is 12.3. The third-order valence-electron chi connectivity index (χ3n) is 4.78. The minimum absolute atomic E-state index is 0.0450. The first kappa shape index (κ1) is 21.0. The molecule has 0 bridgehead atoms. The van der Waals surface area contributed by atoms with E-state index in [0.717, 1.165) is 47.2 Å². The van der Waals surface area contributed by atoms with Crippen molar-refractivity contribution in [1.82, 2.24) is 9.88 Å². The monoisotopic (exact) mass is 410 g/mol. The molecule has 4 nitrogen and oxygen atoms in total. The highest BCUT2D eigenvalue weighted by Crippen LogP contribution is 2.27. The number of nitrogens with one attached hydrogen (secondary N) is 1. The highest BCUT2D eigenvalue weighted by Gasteiger charge is 2.13. The lowest BCUT2D eigenvalue weighted by molar-refractivity contribution is -0.120. The van der Waals surface area contributed by atoms with E-state index >= 15 is 0 Å². The SMILES string of the molecule is C=CCn1cc(CC(=O)NCCCC)c2cc(OCc3ccc(Cl)cc3)ccc21. The quantitative estimate of drug-likeness (QED) is 0.353. The van der Waals surface area contributed by atoms with E-state index in [9.17, 15) is 4.79 Å². The van der Waals surface area contributed by atoms with Crippen LogP contribution in [-0.4, -0.2) is 17.0 Å². The number of hydrogen-bond acceptors (Lipinski definition) is 2. The van der Waals surface area contributed by atoms with Crippen molar-refractivity contribution in [1.29, 1.82) is 0 Å². The fourth-order valence-corrected chi connectivity index (χ4v) is 3.38. The normalized spacial score (nSPS) is 10.8. The number of carbonyl (C=O) groups is 1. The Kier molecular flexibility index (Phi) is 7.36. The summed E-state index contributed by atoms with van der Waals surface area (Å²) >= 11 is 5.94. The van der Waals surface area contributed by atoms with Crippen molar-refractivity contribution in [3.63, 3.8) is 0 Å². The Hall–Kier alpha value is -2.72. The Morgan fingerprint density at radius 2 is 2.03 bits per heavy atom. The van der Waals surface area contributed by atoms with E-state index in [2.05, 4.69) is 23.4 Å². The zero-order valence-electron chi connectivity index (χ0n) is 16.8.